The summed E-state index contributed by atoms with van der Waals surface area (Å²) in [7, 11) is -1.47. The molecule has 6 rings (SSSR count). The van der Waals surface area contributed by atoms with Gasteiger partial charge in [0.1, 0.15) is 0 Å². The first kappa shape index (κ1) is 18.9. The van der Waals surface area contributed by atoms with Crippen molar-refractivity contribution in [1.82, 2.24) is 4.57 Å². The van der Waals surface area contributed by atoms with Crippen LogP contribution in [0, 0.1) is 0 Å². The Morgan fingerprint density at radius 1 is 0.594 bits per heavy atom. The lowest BCUT2D eigenvalue weighted by Gasteiger charge is -2.10. The molecular weight excluding hydrogens is 393 g/mol. The van der Waals surface area contributed by atoms with E-state index in [0.717, 1.165) is 22.3 Å². The first-order valence-electron chi connectivity index (χ1n) is 10.7. The van der Waals surface area contributed by atoms with Crippen molar-refractivity contribution in [2.75, 3.05) is 0 Å². The summed E-state index contributed by atoms with van der Waals surface area (Å²) in [4.78, 5) is 0. The van der Waals surface area contributed by atoms with E-state index in [2.05, 4.69) is 83.4 Å². The minimum atomic E-state index is -1.47. The number of hydrogen-bond acceptors (Lipinski definition) is 2. The Bertz CT molecular complexity index is 1590. The summed E-state index contributed by atoms with van der Waals surface area (Å²) in [6.45, 7) is 0. The summed E-state index contributed by atoms with van der Waals surface area (Å²) in [5.74, 6) is 0. The lowest BCUT2D eigenvalue weighted by atomic mass is 9.79. The number of aromatic nitrogens is 1. The molecule has 6 aromatic rings. The predicted octanol–water partition coefficient (Wildman–Crippen LogP) is 5.28. The Hall–Kier alpha value is -3.86. The van der Waals surface area contributed by atoms with Gasteiger partial charge >= 0.3 is 7.12 Å². The van der Waals surface area contributed by atoms with Crippen molar-refractivity contribution in [1.29, 1.82) is 0 Å². The lowest BCUT2D eigenvalue weighted by Crippen LogP contribution is -2.29. The molecule has 0 unspecified atom stereocenters. The highest BCUT2D eigenvalue weighted by molar-refractivity contribution is 6.58. The number of fused-ring (bicyclic) bond motifs is 5. The fraction of sp³-hybridized carbons (Fsp3) is 0. The zero-order valence-corrected chi connectivity index (χ0v) is 17.3. The van der Waals surface area contributed by atoms with Gasteiger partial charge in [0.15, 0.2) is 0 Å². The first-order valence-corrected chi connectivity index (χ1v) is 10.7. The van der Waals surface area contributed by atoms with Gasteiger partial charge in [0.05, 0.1) is 11.0 Å². The van der Waals surface area contributed by atoms with Gasteiger partial charge < -0.3 is 14.6 Å². The highest BCUT2D eigenvalue weighted by Crippen LogP contribution is 2.40. The summed E-state index contributed by atoms with van der Waals surface area (Å²) in [5, 5.41) is 23.8. The molecule has 0 spiro atoms. The molecule has 2 N–H and O–H groups in total. The third-order valence-electron chi connectivity index (χ3n) is 6.21. The van der Waals surface area contributed by atoms with Gasteiger partial charge in [-0.05, 0) is 40.2 Å². The van der Waals surface area contributed by atoms with Gasteiger partial charge in [0, 0.05) is 21.8 Å². The second kappa shape index (κ2) is 7.38. The molecule has 0 saturated heterocycles. The fourth-order valence-electron chi connectivity index (χ4n) is 4.75. The molecular formula is C28H20BNO2. The molecule has 32 heavy (non-hydrogen) atoms. The second-order valence-corrected chi connectivity index (χ2v) is 8.05. The zero-order valence-electron chi connectivity index (χ0n) is 17.3. The highest BCUT2D eigenvalue weighted by Gasteiger charge is 2.18. The normalized spacial score (nSPS) is 11.4. The maximum atomic E-state index is 9.48. The van der Waals surface area contributed by atoms with Crippen molar-refractivity contribution in [3.8, 4) is 16.8 Å². The summed E-state index contributed by atoms with van der Waals surface area (Å²) in [6, 6.07) is 37.2. The van der Waals surface area contributed by atoms with Crippen LogP contribution in [0.3, 0.4) is 0 Å². The van der Waals surface area contributed by atoms with E-state index in [0.29, 0.717) is 5.46 Å². The van der Waals surface area contributed by atoms with Gasteiger partial charge in [-0.25, -0.2) is 0 Å². The van der Waals surface area contributed by atoms with E-state index in [-0.39, 0.29) is 0 Å². The van der Waals surface area contributed by atoms with Crippen LogP contribution in [-0.4, -0.2) is 21.7 Å². The Kier molecular flexibility index (Phi) is 4.35. The lowest BCUT2D eigenvalue weighted by molar-refractivity contribution is 0.426. The van der Waals surface area contributed by atoms with E-state index in [4.69, 9.17) is 0 Å². The van der Waals surface area contributed by atoms with Crippen LogP contribution < -0.4 is 5.46 Å². The number of nitrogens with zero attached hydrogens (tertiary/aromatic N) is 1. The molecule has 0 aliphatic carbocycles. The number of benzene rings is 5. The second-order valence-electron chi connectivity index (χ2n) is 8.05. The van der Waals surface area contributed by atoms with E-state index in [1.165, 1.54) is 27.1 Å². The third-order valence-corrected chi connectivity index (χ3v) is 6.21. The average Bonchev–Trinajstić information content (AvgIpc) is 3.20. The highest BCUT2D eigenvalue weighted by atomic mass is 16.4. The van der Waals surface area contributed by atoms with Gasteiger partial charge in [0.25, 0.3) is 0 Å². The smallest absolute Gasteiger partial charge is 0.423 e. The minimum absolute atomic E-state index is 0.485. The SMILES string of the molecule is OB(O)c1ccc(-c2cccc3c2c2ccc4ccccc4c2n3-c2ccccc2)cc1. The van der Waals surface area contributed by atoms with Crippen LogP contribution >= 0.6 is 0 Å². The van der Waals surface area contributed by atoms with E-state index in [1.807, 2.05) is 18.2 Å². The molecule has 0 atom stereocenters. The third kappa shape index (κ3) is 2.85. The molecule has 0 aliphatic heterocycles. The van der Waals surface area contributed by atoms with Crippen LogP contribution in [0.4, 0.5) is 0 Å². The molecule has 0 aliphatic rings. The van der Waals surface area contributed by atoms with Crippen LogP contribution in [0.5, 0.6) is 0 Å². The summed E-state index contributed by atoms with van der Waals surface area (Å²) < 4.78 is 2.35. The molecule has 0 saturated carbocycles. The Morgan fingerprint density at radius 3 is 2.12 bits per heavy atom. The van der Waals surface area contributed by atoms with Crippen molar-refractivity contribution < 1.29 is 10.0 Å². The van der Waals surface area contributed by atoms with Gasteiger partial charge in [-0.1, -0.05) is 91.0 Å². The fourth-order valence-corrected chi connectivity index (χ4v) is 4.75. The first-order chi connectivity index (χ1) is 15.7. The standard InChI is InChI=1S/C28H20BNO2/c31-29(32)21-16-13-20(14-17-21)23-11-6-12-26-27(23)25-18-15-19-7-4-5-10-24(19)28(25)30(26)22-8-2-1-3-9-22/h1-18,31-32H. The monoisotopic (exact) mass is 413 g/mol. The summed E-state index contributed by atoms with van der Waals surface area (Å²) in [6.07, 6.45) is 0. The van der Waals surface area contributed by atoms with E-state index in [1.54, 1.807) is 12.1 Å². The van der Waals surface area contributed by atoms with Gasteiger partial charge in [-0.2, -0.15) is 0 Å². The Morgan fingerprint density at radius 2 is 1.34 bits per heavy atom. The van der Waals surface area contributed by atoms with E-state index < -0.39 is 7.12 Å². The predicted molar refractivity (Wildman–Crippen MR) is 134 cm³/mol. The molecule has 4 heteroatoms. The summed E-state index contributed by atoms with van der Waals surface area (Å²) >= 11 is 0. The maximum Gasteiger partial charge on any atom is 0.488 e. The maximum absolute atomic E-state index is 9.48. The van der Waals surface area contributed by atoms with E-state index in [9.17, 15) is 10.0 Å². The largest absolute Gasteiger partial charge is 0.488 e. The Labute approximate surface area is 185 Å². The molecule has 0 amide bonds. The number of para-hydroxylation sites is 1. The number of rotatable bonds is 3. The molecule has 152 valence electrons. The zero-order chi connectivity index (χ0) is 21.7. The van der Waals surface area contributed by atoms with Crippen molar-refractivity contribution in [2.45, 2.75) is 0 Å². The van der Waals surface area contributed by atoms with Crippen LogP contribution in [0.2, 0.25) is 0 Å². The molecule has 0 radical (unpaired) electrons. The average molecular weight is 413 g/mol. The molecule has 0 bridgehead atoms. The van der Waals surface area contributed by atoms with Crippen molar-refractivity contribution in [3.63, 3.8) is 0 Å². The molecule has 0 fully saturated rings. The number of hydrogen-bond donors (Lipinski definition) is 2. The van der Waals surface area contributed by atoms with Crippen LogP contribution in [-0.2, 0) is 0 Å². The van der Waals surface area contributed by atoms with Gasteiger partial charge in [0.2, 0.25) is 0 Å². The van der Waals surface area contributed by atoms with Crippen LogP contribution in [0.25, 0.3) is 49.4 Å². The van der Waals surface area contributed by atoms with Crippen molar-refractivity contribution >= 4 is 45.2 Å². The van der Waals surface area contributed by atoms with Gasteiger partial charge in [-0.3, -0.25) is 0 Å². The van der Waals surface area contributed by atoms with Crippen molar-refractivity contribution in [3.05, 3.63) is 109 Å². The van der Waals surface area contributed by atoms with Crippen LogP contribution in [0.1, 0.15) is 0 Å². The van der Waals surface area contributed by atoms with Crippen LogP contribution in [0.15, 0.2) is 109 Å². The summed E-state index contributed by atoms with van der Waals surface area (Å²) in [5.41, 5.74) is 6.11. The molecule has 3 nitrogen and oxygen atoms in total. The topological polar surface area (TPSA) is 45.4 Å². The minimum Gasteiger partial charge on any atom is -0.423 e. The molecule has 5 aromatic carbocycles. The van der Waals surface area contributed by atoms with Crippen molar-refractivity contribution in [2.24, 2.45) is 0 Å². The van der Waals surface area contributed by atoms with E-state index >= 15 is 0 Å². The van der Waals surface area contributed by atoms with Gasteiger partial charge in [-0.15, -0.1) is 0 Å². The molecule has 1 aromatic heterocycles. The quantitative estimate of drug-likeness (QED) is 0.388. The molecule has 1 heterocycles. The Balaban J connectivity index is 1.76.